The van der Waals surface area contributed by atoms with Gasteiger partial charge in [-0.1, -0.05) is 12.1 Å². The molecule has 0 bridgehead atoms. The zero-order valence-electron chi connectivity index (χ0n) is 11.9. The van der Waals surface area contributed by atoms with Gasteiger partial charge in [0.1, 0.15) is 11.5 Å². The Hall–Kier alpha value is -3.11. The van der Waals surface area contributed by atoms with Crippen molar-refractivity contribution in [1.29, 1.82) is 0 Å². The summed E-state index contributed by atoms with van der Waals surface area (Å²) < 4.78 is 51.3. The Morgan fingerprint density at radius 3 is 2.17 bits per heavy atom. The molecule has 130 valence electrons. The predicted molar refractivity (Wildman–Crippen MR) is 70.7 cm³/mol. The van der Waals surface area contributed by atoms with Crippen LogP contribution in [-0.2, 0) is 4.79 Å². The number of ether oxygens (including phenoxy) is 1. The number of nitrogens with zero attached hydrogens (tertiary/aromatic N) is 2. The molecule has 0 atom stereocenters. The van der Waals surface area contributed by atoms with Gasteiger partial charge in [0.2, 0.25) is 5.88 Å². The highest BCUT2D eigenvalue weighted by Crippen LogP contribution is 2.21. The number of carbonyl (C=O) groups is 2. The van der Waals surface area contributed by atoms with Crippen molar-refractivity contribution in [1.82, 2.24) is 9.78 Å². The third kappa shape index (κ3) is 4.69. The lowest BCUT2D eigenvalue weighted by Gasteiger charge is -2.06. The molecular formula is C13H10F4N2O5. The van der Waals surface area contributed by atoms with Crippen LogP contribution in [0.4, 0.5) is 17.6 Å². The summed E-state index contributed by atoms with van der Waals surface area (Å²) in [5.74, 6) is -4.30. The van der Waals surface area contributed by atoms with Crippen molar-refractivity contribution in [3.63, 3.8) is 0 Å². The Bertz CT molecular complexity index is 742. The zero-order chi connectivity index (χ0) is 18.5. The average molecular weight is 350 g/mol. The molecule has 7 nitrogen and oxygen atoms in total. The van der Waals surface area contributed by atoms with Gasteiger partial charge in [-0.05, 0) is 12.1 Å². The minimum absolute atomic E-state index is 0.136. The van der Waals surface area contributed by atoms with Crippen LogP contribution in [0.5, 0.6) is 5.88 Å². The molecule has 0 saturated heterocycles. The molecule has 0 spiro atoms. The van der Waals surface area contributed by atoms with Gasteiger partial charge in [0.05, 0.1) is 7.11 Å². The van der Waals surface area contributed by atoms with Crippen molar-refractivity contribution in [2.24, 2.45) is 0 Å². The van der Waals surface area contributed by atoms with Gasteiger partial charge in [-0.2, -0.15) is 23.0 Å². The molecule has 0 aliphatic heterocycles. The summed E-state index contributed by atoms with van der Waals surface area (Å²) in [6, 6.07) is 7.13. The maximum Gasteiger partial charge on any atom is 0.490 e. The Morgan fingerprint density at radius 2 is 1.75 bits per heavy atom. The number of aromatic carboxylic acids is 1. The van der Waals surface area contributed by atoms with Gasteiger partial charge in [-0.3, -0.25) is 0 Å². The van der Waals surface area contributed by atoms with E-state index in [0.717, 1.165) is 4.68 Å². The molecule has 0 amide bonds. The number of para-hydroxylation sites is 1. The molecule has 2 rings (SSSR count). The third-order valence-electron chi connectivity index (χ3n) is 2.43. The first-order valence-corrected chi connectivity index (χ1v) is 6.00. The summed E-state index contributed by atoms with van der Waals surface area (Å²) >= 11 is 0. The van der Waals surface area contributed by atoms with Gasteiger partial charge >= 0.3 is 18.1 Å². The fourth-order valence-electron chi connectivity index (χ4n) is 1.41. The Morgan fingerprint density at radius 1 is 1.21 bits per heavy atom. The maximum atomic E-state index is 13.5. The predicted octanol–water partition coefficient (Wildman–Crippen LogP) is 2.35. The highest BCUT2D eigenvalue weighted by molar-refractivity contribution is 5.85. The number of alkyl halides is 3. The molecule has 1 heterocycles. The molecule has 1 aromatic heterocycles. The second-order valence-corrected chi connectivity index (χ2v) is 4.04. The maximum absolute atomic E-state index is 13.5. The van der Waals surface area contributed by atoms with Crippen LogP contribution in [0, 0.1) is 5.82 Å². The van der Waals surface area contributed by atoms with Gasteiger partial charge in [0.15, 0.2) is 5.69 Å². The lowest BCUT2D eigenvalue weighted by Crippen LogP contribution is -2.21. The van der Waals surface area contributed by atoms with Crippen molar-refractivity contribution in [2.45, 2.75) is 6.18 Å². The highest BCUT2D eigenvalue weighted by atomic mass is 19.4. The first kappa shape index (κ1) is 18.9. The smallest absolute Gasteiger partial charge is 0.481 e. The van der Waals surface area contributed by atoms with E-state index in [-0.39, 0.29) is 17.3 Å². The second kappa shape index (κ2) is 7.44. The fourth-order valence-corrected chi connectivity index (χ4v) is 1.41. The molecule has 0 aliphatic rings. The van der Waals surface area contributed by atoms with E-state index >= 15 is 0 Å². The van der Waals surface area contributed by atoms with E-state index in [9.17, 15) is 22.4 Å². The highest BCUT2D eigenvalue weighted by Gasteiger charge is 2.38. The van der Waals surface area contributed by atoms with Crippen LogP contribution in [0.15, 0.2) is 30.3 Å². The van der Waals surface area contributed by atoms with Crippen LogP contribution in [-0.4, -0.2) is 45.2 Å². The Kier molecular flexibility index (Phi) is 5.87. The monoisotopic (exact) mass is 350 g/mol. The molecule has 2 N–H and O–H groups in total. The molecule has 11 heteroatoms. The zero-order valence-corrected chi connectivity index (χ0v) is 11.9. The molecule has 0 fully saturated rings. The van der Waals surface area contributed by atoms with E-state index in [4.69, 9.17) is 19.7 Å². The molecule has 24 heavy (non-hydrogen) atoms. The topological polar surface area (TPSA) is 102 Å². The second-order valence-electron chi connectivity index (χ2n) is 4.04. The standard InChI is InChI=1S/C11H9FN2O3.C2HF3O2/c1-17-10-6-8(11(15)16)13-14(10)9-5-3-2-4-7(9)12;3-2(4,5)1(6)7/h2-6H,1H3,(H,15,16);(H,6,7). The summed E-state index contributed by atoms with van der Waals surface area (Å²) in [5.41, 5.74) is -0.0676. The van der Waals surface area contributed by atoms with Crippen LogP contribution in [0.3, 0.4) is 0 Å². The van der Waals surface area contributed by atoms with Crippen LogP contribution >= 0.6 is 0 Å². The number of benzene rings is 1. The first-order valence-electron chi connectivity index (χ1n) is 6.00. The summed E-state index contributed by atoms with van der Waals surface area (Å²) in [7, 11) is 1.36. The van der Waals surface area contributed by atoms with Gasteiger partial charge in [0, 0.05) is 6.07 Å². The largest absolute Gasteiger partial charge is 0.490 e. The molecule has 0 saturated carbocycles. The van der Waals surface area contributed by atoms with E-state index in [1.54, 1.807) is 6.07 Å². The van der Waals surface area contributed by atoms with E-state index in [1.165, 1.54) is 31.4 Å². The summed E-state index contributed by atoms with van der Waals surface area (Å²) in [6.45, 7) is 0. The van der Waals surface area contributed by atoms with E-state index in [1.807, 2.05) is 0 Å². The van der Waals surface area contributed by atoms with Gasteiger partial charge in [-0.15, -0.1) is 0 Å². The van der Waals surface area contributed by atoms with Crippen molar-refractivity contribution < 1.29 is 42.1 Å². The first-order chi connectivity index (χ1) is 11.1. The fraction of sp³-hybridized carbons (Fsp3) is 0.154. The Balaban J connectivity index is 0.000000351. The number of hydrogen-bond donors (Lipinski definition) is 2. The number of rotatable bonds is 3. The number of methoxy groups -OCH3 is 1. The van der Waals surface area contributed by atoms with E-state index in [0.29, 0.717) is 0 Å². The lowest BCUT2D eigenvalue weighted by atomic mass is 10.3. The SMILES string of the molecule is COc1cc(C(=O)O)nn1-c1ccccc1F.O=C(O)C(F)(F)F. The molecule has 0 unspecified atom stereocenters. The number of carboxylic acid groups (broad SMARTS) is 2. The molecular weight excluding hydrogens is 340 g/mol. The molecule has 2 aromatic rings. The molecule has 1 aromatic carbocycles. The summed E-state index contributed by atoms with van der Waals surface area (Å²) in [4.78, 5) is 19.7. The molecule has 0 aliphatic carbocycles. The summed E-state index contributed by atoms with van der Waals surface area (Å²) in [5, 5.41) is 19.7. The number of aromatic nitrogens is 2. The van der Waals surface area contributed by atoms with Crippen molar-refractivity contribution in [2.75, 3.05) is 7.11 Å². The summed E-state index contributed by atoms with van der Waals surface area (Å²) in [6.07, 6.45) is -5.08. The average Bonchev–Trinajstić information content (AvgIpc) is 2.91. The van der Waals surface area contributed by atoms with Crippen molar-refractivity contribution in [3.8, 4) is 11.6 Å². The minimum Gasteiger partial charge on any atom is -0.481 e. The minimum atomic E-state index is -5.08. The van der Waals surface area contributed by atoms with Crippen LogP contribution in [0.1, 0.15) is 10.5 Å². The van der Waals surface area contributed by atoms with Gasteiger partial charge < -0.3 is 14.9 Å². The lowest BCUT2D eigenvalue weighted by molar-refractivity contribution is -0.192. The number of hydrogen-bond acceptors (Lipinski definition) is 4. The van der Waals surface area contributed by atoms with E-state index in [2.05, 4.69) is 5.10 Å². The van der Waals surface area contributed by atoms with Gasteiger partial charge in [0.25, 0.3) is 0 Å². The normalized spacial score (nSPS) is 10.5. The number of carboxylic acids is 2. The van der Waals surface area contributed by atoms with Crippen molar-refractivity contribution in [3.05, 3.63) is 41.8 Å². The van der Waals surface area contributed by atoms with Crippen LogP contribution in [0.2, 0.25) is 0 Å². The quantitative estimate of drug-likeness (QED) is 0.824. The number of halogens is 4. The van der Waals surface area contributed by atoms with Crippen molar-refractivity contribution >= 4 is 11.9 Å². The van der Waals surface area contributed by atoms with Crippen LogP contribution < -0.4 is 4.74 Å². The third-order valence-corrected chi connectivity index (χ3v) is 2.43. The number of aliphatic carboxylic acids is 1. The van der Waals surface area contributed by atoms with Crippen LogP contribution in [0.25, 0.3) is 5.69 Å². The van der Waals surface area contributed by atoms with E-state index < -0.39 is 23.9 Å². The Labute approximate surface area is 131 Å². The van der Waals surface area contributed by atoms with Gasteiger partial charge in [-0.25, -0.2) is 14.0 Å². The molecule has 0 radical (unpaired) electrons.